The van der Waals surface area contributed by atoms with E-state index in [1.165, 1.54) is 0 Å². The molecule has 0 saturated heterocycles. The highest BCUT2D eigenvalue weighted by Crippen LogP contribution is 2.22. The van der Waals surface area contributed by atoms with Gasteiger partial charge in [0.1, 0.15) is 0 Å². The molecule has 0 bridgehead atoms. The summed E-state index contributed by atoms with van der Waals surface area (Å²) in [5.74, 6) is 0.157. The molecule has 1 aromatic carbocycles. The van der Waals surface area contributed by atoms with Crippen molar-refractivity contribution in [1.82, 2.24) is 5.32 Å². The van der Waals surface area contributed by atoms with Crippen molar-refractivity contribution in [2.75, 3.05) is 0 Å². The molecular weight excluding hydrogens is 234 g/mol. The summed E-state index contributed by atoms with van der Waals surface area (Å²) in [5, 5.41) is 3.70. The summed E-state index contributed by atoms with van der Waals surface area (Å²) in [6, 6.07) is 7.56. The van der Waals surface area contributed by atoms with E-state index in [1.54, 1.807) is 0 Å². The average molecular weight is 254 g/mol. The molecule has 94 valence electrons. The molecule has 0 radical (unpaired) electrons. The van der Waals surface area contributed by atoms with Gasteiger partial charge < -0.3 is 5.32 Å². The van der Waals surface area contributed by atoms with Gasteiger partial charge in [-0.2, -0.15) is 0 Å². The van der Waals surface area contributed by atoms with Crippen LogP contribution in [0.25, 0.3) is 0 Å². The lowest BCUT2D eigenvalue weighted by Gasteiger charge is -2.18. The maximum Gasteiger partial charge on any atom is 0.223 e. The first-order chi connectivity index (χ1) is 8.06. The standard InChI is InChI=1S/C14H20ClNO/c1-4-7-10(2)14(17)16-11(3)12-8-5-6-9-13(12)15/h5-6,8-11H,4,7H2,1-3H3,(H,16,17). The van der Waals surface area contributed by atoms with Crippen molar-refractivity contribution >= 4 is 17.5 Å². The molecule has 1 N–H and O–H groups in total. The van der Waals surface area contributed by atoms with E-state index in [2.05, 4.69) is 12.2 Å². The van der Waals surface area contributed by atoms with E-state index in [9.17, 15) is 4.79 Å². The largest absolute Gasteiger partial charge is 0.349 e. The quantitative estimate of drug-likeness (QED) is 0.846. The average Bonchev–Trinajstić information content (AvgIpc) is 2.29. The third-order valence-corrected chi connectivity index (χ3v) is 3.24. The highest BCUT2D eigenvalue weighted by atomic mass is 35.5. The molecule has 0 aromatic heterocycles. The lowest BCUT2D eigenvalue weighted by Crippen LogP contribution is -2.31. The number of hydrogen-bond acceptors (Lipinski definition) is 1. The number of rotatable bonds is 5. The van der Waals surface area contributed by atoms with Crippen LogP contribution in [-0.4, -0.2) is 5.91 Å². The summed E-state index contributed by atoms with van der Waals surface area (Å²) in [7, 11) is 0. The van der Waals surface area contributed by atoms with Crippen molar-refractivity contribution < 1.29 is 4.79 Å². The number of carbonyl (C=O) groups excluding carboxylic acids is 1. The Morgan fingerprint density at radius 1 is 1.35 bits per heavy atom. The SMILES string of the molecule is CCCC(C)C(=O)NC(C)c1ccccc1Cl. The van der Waals surface area contributed by atoms with E-state index in [-0.39, 0.29) is 17.9 Å². The van der Waals surface area contributed by atoms with Crippen LogP contribution in [0.4, 0.5) is 0 Å². The van der Waals surface area contributed by atoms with Crippen LogP contribution < -0.4 is 5.32 Å². The fraction of sp³-hybridized carbons (Fsp3) is 0.500. The van der Waals surface area contributed by atoms with Gasteiger partial charge in [0.25, 0.3) is 0 Å². The van der Waals surface area contributed by atoms with Crippen LogP contribution in [0.1, 0.15) is 45.2 Å². The van der Waals surface area contributed by atoms with E-state index >= 15 is 0 Å². The molecule has 0 aliphatic carbocycles. The maximum atomic E-state index is 11.9. The minimum absolute atomic E-state index is 0.0458. The fourth-order valence-corrected chi connectivity index (χ4v) is 2.12. The van der Waals surface area contributed by atoms with Gasteiger partial charge in [0.2, 0.25) is 5.91 Å². The Morgan fingerprint density at radius 2 is 2.00 bits per heavy atom. The molecule has 0 fully saturated rings. The lowest BCUT2D eigenvalue weighted by molar-refractivity contribution is -0.125. The van der Waals surface area contributed by atoms with Crippen molar-refractivity contribution in [3.05, 3.63) is 34.9 Å². The molecule has 2 nitrogen and oxygen atoms in total. The normalized spacial score (nSPS) is 14.1. The van der Waals surface area contributed by atoms with E-state index in [0.29, 0.717) is 5.02 Å². The van der Waals surface area contributed by atoms with Crippen LogP contribution in [0, 0.1) is 5.92 Å². The first-order valence-electron chi connectivity index (χ1n) is 6.11. The summed E-state index contributed by atoms with van der Waals surface area (Å²) in [4.78, 5) is 11.9. The van der Waals surface area contributed by atoms with E-state index in [4.69, 9.17) is 11.6 Å². The highest BCUT2D eigenvalue weighted by molar-refractivity contribution is 6.31. The van der Waals surface area contributed by atoms with Gasteiger partial charge in [-0.3, -0.25) is 4.79 Å². The van der Waals surface area contributed by atoms with Gasteiger partial charge >= 0.3 is 0 Å². The van der Waals surface area contributed by atoms with E-state index in [1.807, 2.05) is 38.1 Å². The van der Waals surface area contributed by atoms with Crippen LogP contribution in [0.5, 0.6) is 0 Å². The molecule has 17 heavy (non-hydrogen) atoms. The van der Waals surface area contributed by atoms with Gasteiger partial charge in [0.05, 0.1) is 6.04 Å². The number of hydrogen-bond donors (Lipinski definition) is 1. The topological polar surface area (TPSA) is 29.1 Å². The summed E-state index contributed by atoms with van der Waals surface area (Å²) < 4.78 is 0. The Kier molecular flexibility index (Phi) is 5.49. The summed E-state index contributed by atoms with van der Waals surface area (Å²) >= 11 is 6.09. The molecule has 0 aliphatic heterocycles. The zero-order valence-corrected chi connectivity index (χ0v) is 11.4. The summed E-state index contributed by atoms with van der Waals surface area (Å²) in [6.07, 6.45) is 1.94. The second kappa shape index (κ2) is 6.65. The van der Waals surface area contributed by atoms with Crippen LogP contribution in [-0.2, 0) is 4.79 Å². The second-order valence-electron chi connectivity index (χ2n) is 4.44. The van der Waals surface area contributed by atoms with E-state index < -0.39 is 0 Å². The molecule has 0 aliphatic rings. The van der Waals surface area contributed by atoms with Crippen molar-refractivity contribution in [2.24, 2.45) is 5.92 Å². The number of amides is 1. The predicted octanol–water partition coefficient (Wildman–Crippen LogP) is 3.95. The van der Waals surface area contributed by atoms with Crippen molar-refractivity contribution in [3.8, 4) is 0 Å². The molecule has 1 aromatic rings. The predicted molar refractivity (Wildman–Crippen MR) is 72.1 cm³/mol. The van der Waals surface area contributed by atoms with Gasteiger partial charge in [0, 0.05) is 10.9 Å². The molecule has 2 unspecified atom stereocenters. The number of carbonyl (C=O) groups is 1. The smallest absolute Gasteiger partial charge is 0.223 e. The minimum Gasteiger partial charge on any atom is -0.349 e. The molecule has 2 atom stereocenters. The van der Waals surface area contributed by atoms with Gasteiger partial charge in [0.15, 0.2) is 0 Å². The number of benzene rings is 1. The molecule has 0 spiro atoms. The maximum absolute atomic E-state index is 11.9. The Hall–Kier alpha value is -1.02. The second-order valence-corrected chi connectivity index (χ2v) is 4.85. The van der Waals surface area contributed by atoms with Crippen LogP contribution in [0.2, 0.25) is 5.02 Å². The minimum atomic E-state index is -0.0458. The van der Waals surface area contributed by atoms with Gasteiger partial charge in [-0.15, -0.1) is 0 Å². The van der Waals surface area contributed by atoms with Gasteiger partial charge in [-0.05, 0) is 25.0 Å². The first kappa shape index (κ1) is 14.0. The lowest BCUT2D eigenvalue weighted by atomic mass is 10.0. The van der Waals surface area contributed by atoms with Crippen molar-refractivity contribution in [3.63, 3.8) is 0 Å². The fourth-order valence-electron chi connectivity index (χ4n) is 1.82. The van der Waals surface area contributed by atoms with Crippen LogP contribution >= 0.6 is 11.6 Å². The first-order valence-corrected chi connectivity index (χ1v) is 6.48. The van der Waals surface area contributed by atoms with Crippen molar-refractivity contribution in [1.29, 1.82) is 0 Å². The molecule has 0 heterocycles. The van der Waals surface area contributed by atoms with Gasteiger partial charge in [-0.1, -0.05) is 50.1 Å². The highest BCUT2D eigenvalue weighted by Gasteiger charge is 2.16. The van der Waals surface area contributed by atoms with Gasteiger partial charge in [-0.25, -0.2) is 0 Å². The van der Waals surface area contributed by atoms with Crippen LogP contribution in [0.15, 0.2) is 24.3 Å². The zero-order chi connectivity index (χ0) is 12.8. The Bertz CT molecular complexity index is 378. The molecular formula is C14H20ClNO. The summed E-state index contributed by atoms with van der Waals surface area (Å²) in [5.41, 5.74) is 0.964. The zero-order valence-electron chi connectivity index (χ0n) is 10.7. The molecule has 1 rings (SSSR count). The molecule has 0 saturated carbocycles. The van der Waals surface area contributed by atoms with Crippen molar-refractivity contribution in [2.45, 2.75) is 39.7 Å². The van der Waals surface area contributed by atoms with Crippen LogP contribution in [0.3, 0.4) is 0 Å². The Balaban J connectivity index is 2.63. The van der Waals surface area contributed by atoms with E-state index in [0.717, 1.165) is 18.4 Å². The monoisotopic (exact) mass is 253 g/mol. The summed E-state index contributed by atoms with van der Waals surface area (Å²) in [6.45, 7) is 6.00. The Morgan fingerprint density at radius 3 is 2.59 bits per heavy atom. The Labute approximate surface area is 108 Å². The third-order valence-electron chi connectivity index (χ3n) is 2.90. The third kappa shape index (κ3) is 4.04. The molecule has 3 heteroatoms. The molecule has 1 amide bonds. The number of nitrogens with one attached hydrogen (secondary N) is 1. The number of halogens is 1.